The van der Waals surface area contributed by atoms with Crippen molar-refractivity contribution in [1.29, 1.82) is 0 Å². The molecule has 1 aromatic rings. The van der Waals surface area contributed by atoms with Crippen LogP contribution < -0.4 is 0 Å². The van der Waals surface area contributed by atoms with E-state index in [9.17, 15) is 19.2 Å². The normalized spacial score (nSPS) is 16.7. The largest absolute Gasteiger partial charge is 0.466 e. The fourth-order valence-electron chi connectivity index (χ4n) is 3.47. The van der Waals surface area contributed by atoms with Gasteiger partial charge in [0.05, 0.1) is 23.7 Å². The Bertz CT molecular complexity index is 752. The summed E-state index contributed by atoms with van der Waals surface area (Å²) in [7, 11) is 0. The van der Waals surface area contributed by atoms with Gasteiger partial charge in [-0.3, -0.25) is 24.1 Å². The van der Waals surface area contributed by atoms with Crippen molar-refractivity contribution in [2.75, 3.05) is 19.7 Å². The molecule has 3 amide bonds. The first-order valence-electron chi connectivity index (χ1n) is 9.85. The van der Waals surface area contributed by atoms with Gasteiger partial charge in [0.2, 0.25) is 5.91 Å². The second-order valence-electron chi connectivity index (χ2n) is 7.34. The van der Waals surface area contributed by atoms with E-state index >= 15 is 0 Å². The fraction of sp³-hybridized carbons (Fsp3) is 0.524. The van der Waals surface area contributed by atoms with Gasteiger partial charge in [0, 0.05) is 25.6 Å². The van der Waals surface area contributed by atoms with E-state index in [0.29, 0.717) is 30.7 Å². The first kappa shape index (κ1) is 20.0. The summed E-state index contributed by atoms with van der Waals surface area (Å²) >= 11 is 0. The summed E-state index contributed by atoms with van der Waals surface area (Å²) in [4.78, 5) is 52.3. The van der Waals surface area contributed by atoms with E-state index in [1.165, 1.54) is 4.90 Å². The molecule has 1 aromatic carbocycles. The Morgan fingerprint density at radius 3 is 2.32 bits per heavy atom. The van der Waals surface area contributed by atoms with E-state index in [4.69, 9.17) is 4.74 Å². The van der Waals surface area contributed by atoms with Crippen LogP contribution in [0.25, 0.3) is 0 Å². The molecule has 1 atom stereocenters. The van der Waals surface area contributed by atoms with Crippen LogP contribution in [0.4, 0.5) is 0 Å². The summed E-state index contributed by atoms with van der Waals surface area (Å²) in [5.74, 6) is -1.32. The van der Waals surface area contributed by atoms with E-state index in [1.807, 2.05) is 0 Å². The van der Waals surface area contributed by atoms with E-state index in [-0.39, 0.29) is 48.6 Å². The minimum Gasteiger partial charge on any atom is -0.466 e. The highest BCUT2D eigenvalue weighted by Crippen LogP contribution is 2.29. The third-order valence-corrected chi connectivity index (χ3v) is 5.12. The van der Waals surface area contributed by atoms with Gasteiger partial charge in [0.25, 0.3) is 11.8 Å². The van der Waals surface area contributed by atoms with Crippen molar-refractivity contribution >= 4 is 23.7 Å². The number of benzene rings is 1. The summed E-state index contributed by atoms with van der Waals surface area (Å²) in [5.41, 5.74) is 0.836. The van der Waals surface area contributed by atoms with Crippen LogP contribution in [0.5, 0.6) is 0 Å². The van der Waals surface area contributed by atoms with Crippen LogP contribution in [0.3, 0.4) is 0 Å². The van der Waals surface area contributed by atoms with Crippen LogP contribution in [-0.2, 0) is 14.3 Å². The molecule has 0 N–H and O–H groups in total. The number of esters is 1. The van der Waals surface area contributed by atoms with Crippen LogP contribution in [0.2, 0.25) is 0 Å². The highest BCUT2D eigenvalue weighted by molar-refractivity contribution is 6.21. The van der Waals surface area contributed by atoms with E-state index in [2.05, 4.69) is 0 Å². The predicted molar refractivity (Wildman–Crippen MR) is 102 cm³/mol. The van der Waals surface area contributed by atoms with Crippen LogP contribution in [-0.4, -0.2) is 59.2 Å². The molecule has 0 spiro atoms. The van der Waals surface area contributed by atoms with Gasteiger partial charge in [0.15, 0.2) is 0 Å². The van der Waals surface area contributed by atoms with E-state index < -0.39 is 0 Å². The lowest BCUT2D eigenvalue weighted by Crippen LogP contribution is -2.39. The van der Waals surface area contributed by atoms with Crippen molar-refractivity contribution in [3.05, 3.63) is 35.4 Å². The Morgan fingerprint density at radius 2 is 1.79 bits per heavy atom. The Balaban J connectivity index is 1.52. The molecule has 1 aliphatic heterocycles. The molecule has 28 heavy (non-hydrogen) atoms. The predicted octanol–water partition coefficient (Wildman–Crippen LogP) is 2.25. The molecular formula is C21H26N2O5. The lowest BCUT2D eigenvalue weighted by molar-refractivity contribution is -0.149. The molecule has 1 unspecified atom stereocenters. The third kappa shape index (κ3) is 4.24. The monoisotopic (exact) mass is 386 g/mol. The molecule has 2 aliphatic rings. The third-order valence-electron chi connectivity index (χ3n) is 5.12. The molecule has 1 fully saturated rings. The number of hydrogen-bond acceptors (Lipinski definition) is 5. The molecule has 1 heterocycles. The summed E-state index contributed by atoms with van der Waals surface area (Å²) in [6.45, 7) is 4.40. The number of imide groups is 1. The van der Waals surface area contributed by atoms with E-state index in [0.717, 1.165) is 12.8 Å². The van der Waals surface area contributed by atoms with Gasteiger partial charge < -0.3 is 9.64 Å². The molecule has 0 saturated heterocycles. The van der Waals surface area contributed by atoms with E-state index in [1.54, 1.807) is 43.0 Å². The van der Waals surface area contributed by atoms with Gasteiger partial charge >= 0.3 is 5.97 Å². The number of ether oxygens (including phenoxy) is 1. The zero-order valence-electron chi connectivity index (χ0n) is 16.3. The van der Waals surface area contributed by atoms with Crippen LogP contribution in [0.1, 0.15) is 60.2 Å². The minimum absolute atomic E-state index is 0.0461. The van der Waals surface area contributed by atoms with Crippen molar-refractivity contribution < 1.29 is 23.9 Å². The number of nitrogens with zero attached hydrogens (tertiary/aromatic N) is 2. The van der Waals surface area contributed by atoms with Gasteiger partial charge in [-0.1, -0.05) is 19.1 Å². The van der Waals surface area contributed by atoms with Crippen molar-refractivity contribution in [1.82, 2.24) is 9.80 Å². The molecule has 150 valence electrons. The number of carbonyl (C=O) groups is 4. The fourth-order valence-corrected chi connectivity index (χ4v) is 3.47. The van der Waals surface area contributed by atoms with Crippen LogP contribution in [0.15, 0.2) is 24.3 Å². The number of hydrogen-bond donors (Lipinski definition) is 0. The molecule has 3 rings (SSSR count). The average molecular weight is 386 g/mol. The van der Waals surface area contributed by atoms with Gasteiger partial charge in [-0.25, -0.2) is 0 Å². The lowest BCUT2D eigenvalue weighted by Gasteiger charge is -2.25. The number of carbonyl (C=O) groups excluding carboxylic acids is 4. The molecular weight excluding hydrogens is 360 g/mol. The summed E-state index contributed by atoms with van der Waals surface area (Å²) in [6, 6.07) is 6.94. The number of amides is 3. The quantitative estimate of drug-likeness (QED) is 0.480. The SMILES string of the molecule is CCOC(=O)C(C)CN(C(=O)CCCN1C(=O)c2ccccc2C1=O)C1CC1. The maximum Gasteiger partial charge on any atom is 0.310 e. The zero-order chi connectivity index (χ0) is 20.3. The van der Waals surface area contributed by atoms with Crippen molar-refractivity contribution in [3.63, 3.8) is 0 Å². The van der Waals surface area contributed by atoms with Gasteiger partial charge in [0.1, 0.15) is 0 Å². The first-order chi connectivity index (χ1) is 13.4. The van der Waals surface area contributed by atoms with Crippen molar-refractivity contribution in [3.8, 4) is 0 Å². The molecule has 0 radical (unpaired) electrons. The van der Waals surface area contributed by atoms with Crippen LogP contribution in [0, 0.1) is 5.92 Å². The first-order valence-corrected chi connectivity index (χ1v) is 9.85. The Labute approximate surface area is 164 Å². The maximum atomic E-state index is 12.7. The molecule has 1 saturated carbocycles. The lowest BCUT2D eigenvalue weighted by atomic mass is 10.1. The Morgan fingerprint density at radius 1 is 1.18 bits per heavy atom. The second kappa shape index (κ2) is 8.54. The summed E-state index contributed by atoms with van der Waals surface area (Å²) in [6.07, 6.45) is 2.53. The van der Waals surface area contributed by atoms with Gasteiger partial charge in [-0.2, -0.15) is 0 Å². The molecule has 0 bridgehead atoms. The zero-order valence-corrected chi connectivity index (χ0v) is 16.3. The highest BCUT2D eigenvalue weighted by Gasteiger charge is 2.36. The number of fused-ring (bicyclic) bond motifs is 1. The molecule has 1 aliphatic carbocycles. The highest BCUT2D eigenvalue weighted by atomic mass is 16.5. The molecule has 7 heteroatoms. The molecule has 7 nitrogen and oxygen atoms in total. The Hall–Kier alpha value is -2.70. The maximum absolute atomic E-state index is 12.7. The second-order valence-corrected chi connectivity index (χ2v) is 7.34. The minimum atomic E-state index is -0.374. The van der Waals surface area contributed by atoms with Crippen molar-refractivity contribution in [2.24, 2.45) is 5.92 Å². The van der Waals surface area contributed by atoms with Crippen LogP contribution >= 0.6 is 0 Å². The average Bonchev–Trinajstić information content (AvgIpc) is 3.50. The molecule has 0 aromatic heterocycles. The topological polar surface area (TPSA) is 84.0 Å². The van der Waals surface area contributed by atoms with Gasteiger partial charge in [-0.15, -0.1) is 0 Å². The summed E-state index contributed by atoms with van der Waals surface area (Å²) in [5, 5.41) is 0. The smallest absolute Gasteiger partial charge is 0.310 e. The van der Waals surface area contributed by atoms with Gasteiger partial charge in [-0.05, 0) is 38.3 Å². The van der Waals surface area contributed by atoms with Crippen molar-refractivity contribution in [2.45, 2.75) is 45.6 Å². The summed E-state index contributed by atoms with van der Waals surface area (Å²) < 4.78 is 5.03. The number of rotatable bonds is 9. The standard InChI is InChI=1S/C21H26N2O5/c1-3-28-21(27)14(2)13-23(15-10-11-15)18(24)9-6-12-22-19(25)16-7-4-5-8-17(16)20(22)26/h4-5,7-8,14-15H,3,6,9-13H2,1-2H3. The Kier molecular flexibility index (Phi) is 6.11.